The van der Waals surface area contributed by atoms with Crippen LogP contribution in [0.15, 0.2) is 72.8 Å². The maximum atomic E-state index is 13.8. The lowest BCUT2D eigenvalue weighted by atomic mass is 10.00. The maximum absolute atomic E-state index is 13.8. The highest BCUT2D eigenvalue weighted by Crippen LogP contribution is 2.51. The van der Waals surface area contributed by atoms with Crippen molar-refractivity contribution in [3.05, 3.63) is 89.5 Å². The highest BCUT2D eigenvalue weighted by Gasteiger charge is 2.32. The summed E-state index contributed by atoms with van der Waals surface area (Å²) in [5.41, 5.74) is 3.28. The largest absolute Gasteiger partial charge is 0.497 e. The summed E-state index contributed by atoms with van der Waals surface area (Å²) >= 11 is 0. The van der Waals surface area contributed by atoms with Crippen molar-refractivity contribution in [3.63, 3.8) is 0 Å². The molecule has 10 nitrogen and oxygen atoms in total. The molecule has 3 aromatic rings. The molecule has 0 aliphatic carbocycles. The second kappa shape index (κ2) is 13.8. The average Bonchev–Trinajstić information content (AvgIpc) is 3.61. The minimum Gasteiger partial charge on any atom is -0.497 e. The van der Waals surface area contributed by atoms with Crippen LogP contribution in [0.3, 0.4) is 0 Å². The molecule has 0 saturated carbocycles. The highest BCUT2D eigenvalue weighted by molar-refractivity contribution is 8.25. The van der Waals surface area contributed by atoms with Crippen molar-refractivity contribution in [3.8, 4) is 5.75 Å². The Hall–Kier alpha value is -3.61. The van der Waals surface area contributed by atoms with Gasteiger partial charge in [-0.3, -0.25) is 23.0 Å². The van der Waals surface area contributed by atoms with E-state index in [4.69, 9.17) is 4.74 Å². The number of carbonyl (C=O) groups is 2. The zero-order valence-electron chi connectivity index (χ0n) is 24.3. The van der Waals surface area contributed by atoms with E-state index in [9.17, 15) is 23.8 Å². The lowest BCUT2D eigenvalue weighted by Gasteiger charge is -2.38. The smallest absolute Gasteiger partial charge is 0.251 e. The van der Waals surface area contributed by atoms with E-state index in [-0.39, 0.29) is 23.8 Å². The Morgan fingerprint density at radius 2 is 1.74 bits per heavy atom. The van der Waals surface area contributed by atoms with Gasteiger partial charge in [0.1, 0.15) is 5.75 Å². The quantitative estimate of drug-likeness (QED) is 0.207. The van der Waals surface area contributed by atoms with E-state index in [0.29, 0.717) is 50.3 Å². The molecule has 11 heteroatoms. The third-order valence-corrected chi connectivity index (χ3v) is 9.80. The summed E-state index contributed by atoms with van der Waals surface area (Å²) in [7, 11) is -1.39. The Labute approximate surface area is 254 Å². The second-order valence-electron chi connectivity index (χ2n) is 11.0. The molecule has 0 spiro atoms. The number of hydrogen-bond donors (Lipinski definition) is 5. The van der Waals surface area contributed by atoms with Gasteiger partial charge in [-0.05, 0) is 60.7 Å². The summed E-state index contributed by atoms with van der Waals surface area (Å²) in [6.07, 6.45) is 1.25. The van der Waals surface area contributed by atoms with Gasteiger partial charge in [0.25, 0.3) is 5.91 Å². The summed E-state index contributed by atoms with van der Waals surface area (Å²) < 4.78 is 28.1. The van der Waals surface area contributed by atoms with Crippen LogP contribution in [-0.4, -0.2) is 70.7 Å². The Balaban J connectivity index is 1.37. The monoisotopic (exact) mass is 608 g/mol. The molecule has 43 heavy (non-hydrogen) atoms. The molecular weight excluding hydrogens is 568 g/mol. The van der Waals surface area contributed by atoms with Gasteiger partial charge in [0, 0.05) is 43.9 Å². The van der Waals surface area contributed by atoms with Crippen LogP contribution in [0.1, 0.15) is 40.7 Å². The fraction of sp³-hybridized carbons (Fsp3) is 0.375. The zero-order valence-corrected chi connectivity index (χ0v) is 25.1. The molecular formula is C32H40N4O6S. The minimum absolute atomic E-state index is 0.0315. The molecule has 2 atom stereocenters. The molecule has 230 valence electrons. The first kappa shape index (κ1) is 30.8. The summed E-state index contributed by atoms with van der Waals surface area (Å²) in [5.74, 6) is 0.561. The van der Waals surface area contributed by atoms with E-state index in [2.05, 4.69) is 10.6 Å². The molecule has 2 saturated heterocycles. The Kier molecular flexibility index (Phi) is 9.89. The lowest BCUT2D eigenvalue weighted by molar-refractivity contribution is -0.117. The van der Waals surface area contributed by atoms with E-state index in [1.807, 2.05) is 54.6 Å². The SMILES string of the molecule is COc1cccc(CNC[C@@H](O)[C@H](Cc2ccccc2)NC(=O)c2cc(N3CCCC3=O)cc(N3CCCS3(O)O)c2)c1. The van der Waals surface area contributed by atoms with Crippen molar-refractivity contribution in [1.82, 2.24) is 10.6 Å². The third kappa shape index (κ3) is 7.67. The van der Waals surface area contributed by atoms with E-state index in [1.54, 1.807) is 30.2 Å². The average molecular weight is 609 g/mol. The van der Waals surface area contributed by atoms with Crippen LogP contribution >= 0.6 is 10.8 Å². The first-order valence-electron chi connectivity index (χ1n) is 14.6. The van der Waals surface area contributed by atoms with E-state index < -0.39 is 28.8 Å². The van der Waals surface area contributed by atoms with E-state index in [1.165, 1.54) is 4.31 Å². The van der Waals surface area contributed by atoms with Gasteiger partial charge in [0.05, 0.1) is 30.7 Å². The van der Waals surface area contributed by atoms with Gasteiger partial charge in [-0.15, -0.1) is 10.8 Å². The van der Waals surface area contributed by atoms with Gasteiger partial charge in [-0.25, -0.2) is 0 Å². The first-order valence-corrected chi connectivity index (χ1v) is 16.3. The highest BCUT2D eigenvalue weighted by atomic mass is 32.3. The predicted octanol–water partition coefficient (Wildman–Crippen LogP) is 4.19. The lowest BCUT2D eigenvalue weighted by Crippen LogP contribution is -2.48. The standard InChI is InChI=1S/C32H40N4O6S/c1-42-28-11-5-10-24(16-28)21-33-22-30(37)29(17-23-8-3-2-4-9-23)34-32(39)25-18-26(35-13-6-12-31(35)38)20-27(19-25)36-14-7-15-43(36,40)41/h2-5,8-11,16,18-20,29-30,33,37,40-41H,6-7,12-15,17,21-22H2,1H3,(H,34,39)/t29-,30+/m0/s1. The summed E-state index contributed by atoms with van der Waals surface area (Å²) in [5, 5.41) is 17.6. The van der Waals surface area contributed by atoms with Crippen LogP contribution in [0, 0.1) is 0 Å². The van der Waals surface area contributed by atoms with Crippen LogP contribution in [0.5, 0.6) is 5.75 Å². The van der Waals surface area contributed by atoms with E-state index in [0.717, 1.165) is 23.3 Å². The molecule has 0 radical (unpaired) electrons. The molecule has 2 amide bonds. The number of rotatable bonds is 12. The van der Waals surface area contributed by atoms with Crippen LogP contribution in [0.25, 0.3) is 0 Å². The third-order valence-electron chi connectivity index (χ3n) is 7.87. The number of aliphatic hydroxyl groups is 1. The molecule has 2 fully saturated rings. The number of nitrogens with zero attached hydrogens (tertiary/aromatic N) is 2. The van der Waals surface area contributed by atoms with Crippen molar-refractivity contribution in [2.75, 3.05) is 41.7 Å². The number of methoxy groups -OCH3 is 1. The number of aliphatic hydroxyl groups excluding tert-OH is 1. The summed E-state index contributed by atoms with van der Waals surface area (Å²) in [6, 6.07) is 21.7. The van der Waals surface area contributed by atoms with Crippen LogP contribution in [0.4, 0.5) is 11.4 Å². The van der Waals surface area contributed by atoms with E-state index >= 15 is 0 Å². The zero-order chi connectivity index (χ0) is 30.4. The molecule has 2 aliphatic heterocycles. The van der Waals surface area contributed by atoms with Gasteiger partial charge >= 0.3 is 0 Å². The molecule has 5 rings (SSSR count). The number of amides is 2. The topological polar surface area (TPSA) is 135 Å². The number of ether oxygens (including phenoxy) is 1. The first-order chi connectivity index (χ1) is 20.7. The summed E-state index contributed by atoms with van der Waals surface area (Å²) in [4.78, 5) is 28.0. The number of hydrogen-bond acceptors (Lipinski definition) is 8. The summed E-state index contributed by atoms with van der Waals surface area (Å²) in [6.45, 7) is 1.72. The number of anilines is 2. The van der Waals surface area contributed by atoms with Crippen LogP contribution < -0.4 is 24.6 Å². The second-order valence-corrected chi connectivity index (χ2v) is 13.1. The fourth-order valence-electron chi connectivity index (χ4n) is 5.60. The van der Waals surface area contributed by atoms with Crippen molar-refractivity contribution in [2.24, 2.45) is 0 Å². The van der Waals surface area contributed by atoms with Gasteiger partial charge in [-0.1, -0.05) is 42.5 Å². The van der Waals surface area contributed by atoms with Crippen molar-refractivity contribution in [2.45, 2.75) is 44.4 Å². The minimum atomic E-state index is -3.01. The van der Waals surface area contributed by atoms with Gasteiger partial charge in [0.15, 0.2) is 0 Å². The predicted molar refractivity (Wildman–Crippen MR) is 170 cm³/mol. The Bertz CT molecular complexity index is 1420. The number of nitrogens with one attached hydrogen (secondary N) is 2. The van der Waals surface area contributed by atoms with Gasteiger partial charge in [-0.2, -0.15) is 0 Å². The molecule has 5 N–H and O–H groups in total. The van der Waals surface area contributed by atoms with Gasteiger partial charge < -0.3 is 25.4 Å². The molecule has 0 aromatic heterocycles. The molecule has 2 heterocycles. The molecule has 3 aromatic carbocycles. The van der Waals surface area contributed by atoms with Crippen LogP contribution in [0.2, 0.25) is 0 Å². The number of benzene rings is 3. The van der Waals surface area contributed by atoms with Crippen molar-refractivity contribution >= 4 is 34.0 Å². The maximum Gasteiger partial charge on any atom is 0.251 e. The van der Waals surface area contributed by atoms with Gasteiger partial charge in [0.2, 0.25) is 5.91 Å². The normalized spacial score (nSPS) is 18.4. The molecule has 2 aliphatic rings. The Morgan fingerprint density at radius 1 is 0.977 bits per heavy atom. The van der Waals surface area contributed by atoms with Crippen molar-refractivity contribution < 1.29 is 28.5 Å². The van der Waals surface area contributed by atoms with Crippen molar-refractivity contribution in [1.29, 1.82) is 0 Å². The number of carbonyl (C=O) groups excluding carboxylic acids is 2. The molecule has 0 bridgehead atoms. The molecule has 0 unspecified atom stereocenters. The van der Waals surface area contributed by atoms with Crippen LogP contribution in [-0.2, 0) is 17.8 Å². The fourth-order valence-corrected chi connectivity index (χ4v) is 7.20. The Morgan fingerprint density at radius 3 is 2.44 bits per heavy atom.